The van der Waals surface area contributed by atoms with Gasteiger partial charge < -0.3 is 0 Å². The van der Waals surface area contributed by atoms with Crippen molar-refractivity contribution in [2.24, 2.45) is 5.92 Å². The first kappa shape index (κ1) is 14.4. The van der Waals surface area contributed by atoms with Crippen LogP contribution in [-0.2, 0) is 12.8 Å². The molecule has 0 aliphatic carbocycles. The van der Waals surface area contributed by atoms with Gasteiger partial charge in [0.05, 0.1) is 0 Å². The highest BCUT2D eigenvalue weighted by atomic mass is 16.1. The first-order valence-corrected chi connectivity index (χ1v) is 7.16. The Labute approximate surface area is 120 Å². The molecule has 20 heavy (non-hydrogen) atoms. The molecule has 0 saturated carbocycles. The summed E-state index contributed by atoms with van der Waals surface area (Å²) >= 11 is 0. The van der Waals surface area contributed by atoms with E-state index in [4.69, 9.17) is 0 Å². The van der Waals surface area contributed by atoms with Gasteiger partial charge in [-0.1, -0.05) is 38.1 Å². The molecule has 2 nitrogen and oxygen atoms in total. The molecular formula is C18H21NO. The molecule has 0 saturated heterocycles. The van der Waals surface area contributed by atoms with Crippen LogP contribution < -0.4 is 0 Å². The predicted molar refractivity (Wildman–Crippen MR) is 81.9 cm³/mol. The molecule has 0 fully saturated rings. The molecule has 1 aromatic heterocycles. The van der Waals surface area contributed by atoms with Crippen molar-refractivity contribution in [1.82, 2.24) is 4.98 Å². The molecule has 2 aromatic rings. The topological polar surface area (TPSA) is 30.0 Å². The maximum Gasteiger partial charge on any atom is 0.163 e. The summed E-state index contributed by atoms with van der Waals surface area (Å²) < 4.78 is 0. The van der Waals surface area contributed by atoms with Crippen molar-refractivity contribution in [2.45, 2.75) is 33.1 Å². The molecule has 1 aromatic carbocycles. The van der Waals surface area contributed by atoms with Crippen LogP contribution in [0.2, 0.25) is 0 Å². The number of Topliss-reactive ketones (excluding diaryl/α,β-unsaturated/α-hetero) is 1. The maximum absolute atomic E-state index is 12.2. The van der Waals surface area contributed by atoms with Gasteiger partial charge >= 0.3 is 0 Å². The molecular weight excluding hydrogens is 246 g/mol. The fraction of sp³-hybridized carbons (Fsp3) is 0.333. The molecule has 1 heterocycles. The first-order valence-electron chi connectivity index (χ1n) is 7.16. The largest absolute Gasteiger partial charge is 0.294 e. The average Bonchev–Trinajstić information content (AvgIpc) is 2.45. The summed E-state index contributed by atoms with van der Waals surface area (Å²) in [5.74, 6) is 0.815. The minimum Gasteiger partial charge on any atom is -0.294 e. The Balaban J connectivity index is 1.98. The molecule has 0 radical (unpaired) electrons. The second-order valence-corrected chi connectivity index (χ2v) is 5.58. The zero-order chi connectivity index (χ0) is 14.4. The van der Waals surface area contributed by atoms with Crippen LogP contribution in [0, 0.1) is 5.92 Å². The zero-order valence-electron chi connectivity index (χ0n) is 12.2. The van der Waals surface area contributed by atoms with Crippen LogP contribution >= 0.6 is 0 Å². The maximum atomic E-state index is 12.2. The van der Waals surface area contributed by atoms with Gasteiger partial charge in [0.15, 0.2) is 5.78 Å². The third kappa shape index (κ3) is 4.30. The van der Waals surface area contributed by atoms with Crippen molar-refractivity contribution in [3.8, 4) is 0 Å². The van der Waals surface area contributed by atoms with Crippen molar-refractivity contribution in [3.05, 3.63) is 65.5 Å². The van der Waals surface area contributed by atoms with E-state index < -0.39 is 0 Å². The molecule has 0 aliphatic heterocycles. The predicted octanol–water partition coefficient (Wildman–Crippen LogP) is 4.10. The summed E-state index contributed by atoms with van der Waals surface area (Å²) in [7, 11) is 0. The van der Waals surface area contributed by atoms with Crippen LogP contribution in [0.4, 0.5) is 0 Å². The lowest BCUT2D eigenvalue weighted by atomic mass is 9.98. The van der Waals surface area contributed by atoms with Gasteiger partial charge in [-0.25, -0.2) is 0 Å². The Hall–Kier alpha value is -1.96. The highest BCUT2D eigenvalue weighted by Gasteiger charge is 2.07. The summed E-state index contributed by atoms with van der Waals surface area (Å²) in [4.78, 5) is 16.3. The van der Waals surface area contributed by atoms with E-state index >= 15 is 0 Å². The molecule has 0 unspecified atom stereocenters. The smallest absolute Gasteiger partial charge is 0.163 e. The molecule has 0 atom stereocenters. The fourth-order valence-electron chi connectivity index (χ4n) is 2.29. The van der Waals surface area contributed by atoms with Crippen LogP contribution in [0.25, 0.3) is 0 Å². The van der Waals surface area contributed by atoms with E-state index in [1.165, 1.54) is 5.56 Å². The average molecular weight is 267 g/mol. The van der Waals surface area contributed by atoms with Gasteiger partial charge in [0.25, 0.3) is 0 Å². The Kier molecular flexibility index (Phi) is 5.05. The Morgan fingerprint density at radius 3 is 2.65 bits per heavy atom. The highest BCUT2D eigenvalue weighted by Crippen LogP contribution is 2.13. The van der Waals surface area contributed by atoms with Crippen LogP contribution in [0.1, 0.15) is 41.8 Å². The lowest BCUT2D eigenvalue weighted by Crippen LogP contribution is -2.03. The van der Waals surface area contributed by atoms with Crippen LogP contribution in [0.5, 0.6) is 0 Å². The minimum atomic E-state index is 0.208. The number of nitrogens with zero attached hydrogens (tertiary/aromatic N) is 1. The molecule has 2 rings (SSSR count). The number of carbonyl (C=O) groups is 1. The third-order valence-corrected chi connectivity index (χ3v) is 3.26. The molecule has 0 spiro atoms. The van der Waals surface area contributed by atoms with Crippen molar-refractivity contribution < 1.29 is 4.79 Å². The van der Waals surface area contributed by atoms with E-state index in [2.05, 4.69) is 24.9 Å². The SMILES string of the molecule is CC(C)Cc1cccc(C(=O)CCc2cccnc2)c1. The number of pyridine rings is 1. The van der Waals surface area contributed by atoms with E-state index in [0.29, 0.717) is 12.3 Å². The Morgan fingerprint density at radius 2 is 1.95 bits per heavy atom. The Bertz CT molecular complexity index is 561. The van der Waals surface area contributed by atoms with Gasteiger partial charge in [0.1, 0.15) is 0 Å². The lowest BCUT2D eigenvalue weighted by Gasteiger charge is -2.07. The summed E-state index contributed by atoms with van der Waals surface area (Å²) in [6.45, 7) is 4.38. The number of hydrogen-bond acceptors (Lipinski definition) is 2. The summed E-state index contributed by atoms with van der Waals surface area (Å²) in [6, 6.07) is 11.9. The van der Waals surface area contributed by atoms with Gasteiger partial charge in [-0.3, -0.25) is 9.78 Å². The van der Waals surface area contributed by atoms with Crippen molar-refractivity contribution >= 4 is 5.78 Å². The van der Waals surface area contributed by atoms with Gasteiger partial charge in [-0.2, -0.15) is 0 Å². The number of aromatic nitrogens is 1. The molecule has 2 heteroatoms. The van der Waals surface area contributed by atoms with E-state index in [9.17, 15) is 4.79 Å². The number of aryl methyl sites for hydroxylation is 1. The minimum absolute atomic E-state index is 0.208. The standard InChI is InChI=1S/C18H21NO/c1-14(2)11-16-5-3-7-17(12-16)18(20)9-8-15-6-4-10-19-13-15/h3-7,10,12-14H,8-9,11H2,1-2H3. The van der Waals surface area contributed by atoms with Crippen molar-refractivity contribution in [2.75, 3.05) is 0 Å². The quantitative estimate of drug-likeness (QED) is 0.738. The second kappa shape index (κ2) is 6.99. The number of benzene rings is 1. The normalized spacial score (nSPS) is 10.8. The van der Waals surface area contributed by atoms with Gasteiger partial charge in [-0.05, 0) is 42.0 Å². The monoisotopic (exact) mass is 267 g/mol. The van der Waals surface area contributed by atoms with Crippen LogP contribution in [0.3, 0.4) is 0 Å². The zero-order valence-corrected chi connectivity index (χ0v) is 12.2. The molecule has 0 N–H and O–H groups in total. The number of carbonyl (C=O) groups excluding carboxylic acids is 1. The van der Waals surface area contributed by atoms with E-state index in [-0.39, 0.29) is 5.78 Å². The van der Waals surface area contributed by atoms with Crippen LogP contribution in [-0.4, -0.2) is 10.8 Å². The fourth-order valence-corrected chi connectivity index (χ4v) is 2.29. The van der Waals surface area contributed by atoms with Gasteiger partial charge in [0.2, 0.25) is 0 Å². The van der Waals surface area contributed by atoms with E-state index in [1.54, 1.807) is 6.20 Å². The van der Waals surface area contributed by atoms with Crippen molar-refractivity contribution in [3.63, 3.8) is 0 Å². The van der Waals surface area contributed by atoms with E-state index in [0.717, 1.165) is 24.0 Å². The second-order valence-electron chi connectivity index (χ2n) is 5.58. The lowest BCUT2D eigenvalue weighted by molar-refractivity contribution is 0.0982. The van der Waals surface area contributed by atoms with Gasteiger partial charge in [0, 0.05) is 24.4 Å². The summed E-state index contributed by atoms with van der Waals surface area (Å²) in [6.07, 6.45) is 5.88. The van der Waals surface area contributed by atoms with Crippen molar-refractivity contribution in [1.29, 1.82) is 0 Å². The molecule has 0 bridgehead atoms. The Morgan fingerprint density at radius 1 is 1.15 bits per heavy atom. The summed E-state index contributed by atoms with van der Waals surface area (Å²) in [5.41, 5.74) is 3.18. The highest BCUT2D eigenvalue weighted by molar-refractivity contribution is 5.96. The molecule has 0 aliphatic rings. The molecule has 0 amide bonds. The number of rotatable bonds is 6. The summed E-state index contributed by atoms with van der Waals surface area (Å²) in [5, 5.41) is 0. The van der Waals surface area contributed by atoms with E-state index in [1.807, 2.05) is 36.5 Å². The number of ketones is 1. The first-order chi connectivity index (χ1) is 9.65. The van der Waals surface area contributed by atoms with Crippen LogP contribution in [0.15, 0.2) is 48.8 Å². The number of hydrogen-bond donors (Lipinski definition) is 0. The van der Waals surface area contributed by atoms with Gasteiger partial charge in [-0.15, -0.1) is 0 Å². The molecule has 104 valence electrons. The third-order valence-electron chi connectivity index (χ3n) is 3.26.